The van der Waals surface area contributed by atoms with Crippen molar-refractivity contribution in [1.29, 1.82) is 0 Å². The van der Waals surface area contributed by atoms with Gasteiger partial charge in [0.1, 0.15) is 21.6 Å². The maximum Gasteiger partial charge on any atom is 0.272 e. The third-order valence-corrected chi connectivity index (χ3v) is 4.13. The van der Waals surface area contributed by atoms with Crippen molar-refractivity contribution < 1.29 is 18.4 Å². The molecule has 29 heavy (non-hydrogen) atoms. The number of halogens is 2. The summed E-state index contributed by atoms with van der Waals surface area (Å²) < 4.78 is 26.5. The van der Waals surface area contributed by atoms with Crippen LogP contribution in [0.4, 0.5) is 8.78 Å². The first kappa shape index (κ1) is 22.3. The van der Waals surface area contributed by atoms with Gasteiger partial charge in [-0.15, -0.1) is 0 Å². The van der Waals surface area contributed by atoms with Gasteiger partial charge in [0.05, 0.1) is 6.42 Å². The molecule has 2 amide bonds. The molecule has 0 aliphatic heterocycles. The van der Waals surface area contributed by atoms with Crippen LogP contribution in [0.2, 0.25) is 0 Å². The molecule has 0 radical (unpaired) electrons. The molecule has 0 saturated heterocycles. The van der Waals surface area contributed by atoms with Crippen LogP contribution in [0.25, 0.3) is 0 Å². The van der Waals surface area contributed by atoms with Crippen molar-refractivity contribution in [2.45, 2.75) is 6.42 Å². The molecule has 2 aromatic rings. The van der Waals surface area contributed by atoms with Crippen molar-refractivity contribution in [3.8, 4) is 0 Å². The lowest BCUT2D eigenvalue weighted by molar-refractivity contribution is 0.0755. The van der Waals surface area contributed by atoms with Crippen molar-refractivity contribution >= 4 is 46.2 Å². The fourth-order valence-corrected chi connectivity index (χ4v) is 2.98. The minimum atomic E-state index is -0.525. The molecule has 10 heteroatoms. The van der Waals surface area contributed by atoms with Crippen LogP contribution in [0.3, 0.4) is 0 Å². The zero-order valence-electron chi connectivity index (χ0n) is 15.6. The highest BCUT2D eigenvalue weighted by atomic mass is 32.1. The molecule has 0 aliphatic rings. The van der Waals surface area contributed by atoms with E-state index in [-0.39, 0.29) is 27.5 Å². The average molecular weight is 437 g/mol. The molecule has 2 aromatic carbocycles. The first-order valence-electron chi connectivity index (χ1n) is 8.33. The summed E-state index contributed by atoms with van der Waals surface area (Å²) >= 11 is 10.3. The van der Waals surface area contributed by atoms with Gasteiger partial charge in [-0.1, -0.05) is 36.6 Å². The summed E-state index contributed by atoms with van der Waals surface area (Å²) in [5.41, 5.74) is 5.68. The standard InChI is InChI=1S/C19H18F2N4O2S2/c1-24(18(26)12-5-3-7-14(20)9-12)22-16(28)11-17(29)23-25(2)19(27)13-6-4-8-15(21)10-13/h3-10H,11H2,1-2H3,(H,22,28)(H,23,29). The van der Waals surface area contributed by atoms with E-state index in [0.29, 0.717) is 0 Å². The smallest absolute Gasteiger partial charge is 0.272 e. The number of benzene rings is 2. The minimum absolute atomic E-state index is 0.0478. The van der Waals surface area contributed by atoms with E-state index in [4.69, 9.17) is 24.4 Å². The Labute approximate surface area is 177 Å². The second-order valence-corrected chi connectivity index (χ2v) is 6.98. The largest absolute Gasteiger partial charge is 0.289 e. The summed E-state index contributed by atoms with van der Waals surface area (Å²) in [6, 6.07) is 10.5. The van der Waals surface area contributed by atoms with E-state index in [1.807, 2.05) is 0 Å². The summed E-state index contributed by atoms with van der Waals surface area (Å²) in [6.07, 6.45) is 0.0478. The molecule has 0 aliphatic carbocycles. The predicted octanol–water partition coefficient (Wildman–Crippen LogP) is 2.86. The van der Waals surface area contributed by atoms with E-state index in [1.165, 1.54) is 50.5 Å². The second kappa shape index (κ2) is 9.99. The summed E-state index contributed by atoms with van der Waals surface area (Å²) in [5, 5.41) is 2.22. The average Bonchev–Trinajstić information content (AvgIpc) is 2.66. The lowest BCUT2D eigenvalue weighted by Gasteiger charge is -2.23. The monoisotopic (exact) mass is 436 g/mol. The van der Waals surface area contributed by atoms with Crippen LogP contribution in [0, 0.1) is 11.6 Å². The predicted molar refractivity (Wildman–Crippen MR) is 113 cm³/mol. The Morgan fingerprint density at radius 3 is 1.55 bits per heavy atom. The second-order valence-electron chi connectivity index (χ2n) is 6.00. The van der Waals surface area contributed by atoms with Gasteiger partial charge in [-0.25, -0.2) is 8.78 Å². The van der Waals surface area contributed by atoms with E-state index in [0.717, 1.165) is 22.2 Å². The van der Waals surface area contributed by atoms with E-state index < -0.39 is 23.4 Å². The van der Waals surface area contributed by atoms with Gasteiger partial charge in [0.25, 0.3) is 11.8 Å². The Kier molecular flexibility index (Phi) is 7.68. The number of hydrogen-bond acceptors (Lipinski definition) is 4. The fraction of sp³-hybridized carbons (Fsp3) is 0.158. The third-order valence-electron chi connectivity index (χ3n) is 3.66. The topological polar surface area (TPSA) is 64.7 Å². The zero-order chi connectivity index (χ0) is 21.6. The number of hydrazine groups is 2. The van der Waals surface area contributed by atoms with Gasteiger partial charge < -0.3 is 0 Å². The van der Waals surface area contributed by atoms with Crippen LogP contribution < -0.4 is 10.9 Å². The summed E-state index contributed by atoms with van der Waals surface area (Å²) in [7, 11) is 2.88. The molecule has 0 atom stereocenters. The van der Waals surface area contributed by atoms with Crippen LogP contribution in [-0.4, -0.2) is 45.9 Å². The maximum absolute atomic E-state index is 13.3. The fourth-order valence-electron chi connectivity index (χ4n) is 2.33. The summed E-state index contributed by atoms with van der Waals surface area (Å²) in [5.74, 6) is -2.01. The number of thiocarbonyl (C=S) groups is 2. The number of hydrogen-bond donors (Lipinski definition) is 2. The van der Waals surface area contributed by atoms with E-state index >= 15 is 0 Å². The van der Waals surface area contributed by atoms with Crippen LogP contribution in [-0.2, 0) is 0 Å². The molecule has 0 bridgehead atoms. The molecule has 0 saturated carbocycles. The maximum atomic E-state index is 13.3. The van der Waals surface area contributed by atoms with Crippen molar-refractivity contribution in [3.63, 3.8) is 0 Å². The minimum Gasteiger partial charge on any atom is -0.289 e. The number of amides is 2. The number of nitrogens with zero attached hydrogens (tertiary/aromatic N) is 2. The van der Waals surface area contributed by atoms with E-state index in [9.17, 15) is 18.4 Å². The number of nitrogens with one attached hydrogen (secondary N) is 2. The molecule has 2 rings (SSSR count). The number of carbonyl (C=O) groups excluding carboxylic acids is 2. The van der Waals surface area contributed by atoms with Crippen LogP contribution in [0.1, 0.15) is 27.1 Å². The van der Waals surface area contributed by atoms with Crippen LogP contribution in [0.15, 0.2) is 48.5 Å². The van der Waals surface area contributed by atoms with Gasteiger partial charge in [0.15, 0.2) is 0 Å². The van der Waals surface area contributed by atoms with E-state index in [2.05, 4.69) is 10.9 Å². The third kappa shape index (κ3) is 6.54. The Balaban J connectivity index is 1.87. The SMILES string of the molecule is CN(NC(=S)CC(=S)NN(C)C(=O)c1cccc(F)c1)C(=O)c1cccc(F)c1. The Bertz CT molecular complexity index is 880. The van der Waals surface area contributed by atoms with Gasteiger partial charge in [-0.05, 0) is 36.4 Å². The summed E-state index contributed by atoms with van der Waals surface area (Å²) in [6.45, 7) is 0. The molecule has 2 N–H and O–H groups in total. The van der Waals surface area contributed by atoms with Gasteiger partial charge in [0, 0.05) is 25.2 Å². The first-order valence-corrected chi connectivity index (χ1v) is 9.15. The van der Waals surface area contributed by atoms with Crippen LogP contribution >= 0.6 is 24.4 Å². The van der Waals surface area contributed by atoms with Crippen molar-refractivity contribution in [2.24, 2.45) is 0 Å². The van der Waals surface area contributed by atoms with Crippen LogP contribution in [0.5, 0.6) is 0 Å². The van der Waals surface area contributed by atoms with Crippen molar-refractivity contribution in [2.75, 3.05) is 14.1 Å². The molecule has 152 valence electrons. The normalized spacial score (nSPS) is 10.1. The molecule has 0 fully saturated rings. The Morgan fingerprint density at radius 2 is 1.21 bits per heavy atom. The molecule has 0 spiro atoms. The molecular weight excluding hydrogens is 418 g/mol. The molecule has 0 unspecified atom stereocenters. The van der Waals surface area contributed by atoms with Gasteiger partial charge in [0.2, 0.25) is 0 Å². The van der Waals surface area contributed by atoms with E-state index in [1.54, 1.807) is 0 Å². The Hall–Kier alpha value is -2.98. The highest BCUT2D eigenvalue weighted by Crippen LogP contribution is 2.07. The Morgan fingerprint density at radius 1 is 0.828 bits per heavy atom. The molecule has 6 nitrogen and oxygen atoms in total. The van der Waals surface area contributed by atoms with Gasteiger partial charge in [-0.2, -0.15) is 0 Å². The number of rotatable bonds is 4. The quantitative estimate of drug-likeness (QED) is 0.568. The number of carbonyl (C=O) groups is 2. The van der Waals surface area contributed by atoms with Crippen molar-refractivity contribution in [1.82, 2.24) is 20.9 Å². The lowest BCUT2D eigenvalue weighted by atomic mass is 10.2. The molecule has 0 aromatic heterocycles. The molecular formula is C19H18F2N4O2S2. The first-order chi connectivity index (χ1) is 13.7. The lowest BCUT2D eigenvalue weighted by Crippen LogP contribution is -2.46. The highest BCUT2D eigenvalue weighted by molar-refractivity contribution is 7.82. The summed E-state index contributed by atoms with van der Waals surface area (Å²) in [4.78, 5) is 25.0. The van der Waals surface area contributed by atoms with Gasteiger partial charge >= 0.3 is 0 Å². The molecule has 0 heterocycles. The zero-order valence-corrected chi connectivity index (χ0v) is 17.2. The highest BCUT2D eigenvalue weighted by Gasteiger charge is 2.16. The van der Waals surface area contributed by atoms with Gasteiger partial charge in [-0.3, -0.25) is 30.5 Å². The van der Waals surface area contributed by atoms with Crippen molar-refractivity contribution in [3.05, 3.63) is 71.3 Å².